The minimum atomic E-state index is -0.775. The third-order valence-corrected chi connectivity index (χ3v) is 16.2. The fourth-order valence-corrected chi connectivity index (χ4v) is 10.8. The van der Waals surface area contributed by atoms with Crippen LogP contribution in [0, 0.1) is 0 Å². The van der Waals surface area contributed by atoms with Gasteiger partial charge in [-0.2, -0.15) is 0 Å². The van der Waals surface area contributed by atoms with Gasteiger partial charge in [-0.15, -0.1) is 0 Å². The first-order valence-electron chi connectivity index (χ1n) is 36.1. The molecule has 0 aromatic rings. The molecule has 82 heavy (non-hydrogen) atoms. The van der Waals surface area contributed by atoms with E-state index < -0.39 is 6.10 Å². The second-order valence-corrected chi connectivity index (χ2v) is 24.3. The van der Waals surface area contributed by atoms with E-state index in [2.05, 4.69) is 98.9 Å². The van der Waals surface area contributed by atoms with Crippen molar-refractivity contribution in [1.29, 1.82) is 0 Å². The zero-order valence-corrected chi connectivity index (χ0v) is 54.8. The van der Waals surface area contributed by atoms with E-state index in [1.54, 1.807) is 0 Å². The van der Waals surface area contributed by atoms with Crippen LogP contribution in [-0.2, 0) is 19.1 Å². The first-order chi connectivity index (χ1) is 40.6. The molecule has 0 saturated heterocycles. The normalized spacial score (nSPS) is 12.7. The van der Waals surface area contributed by atoms with E-state index in [9.17, 15) is 14.7 Å². The first-order valence-corrected chi connectivity index (χ1v) is 36.1. The van der Waals surface area contributed by atoms with Crippen LogP contribution in [-0.4, -0.2) is 36.4 Å². The largest absolute Gasteiger partial charge is 0.462 e. The van der Waals surface area contributed by atoms with Crippen LogP contribution in [0.3, 0.4) is 0 Å². The van der Waals surface area contributed by atoms with Crippen LogP contribution >= 0.6 is 0 Å². The third kappa shape index (κ3) is 69.6. The molecule has 0 saturated carbocycles. The summed E-state index contributed by atoms with van der Waals surface area (Å²) >= 11 is 0. The smallest absolute Gasteiger partial charge is 0.306 e. The van der Waals surface area contributed by atoms with Gasteiger partial charge in [-0.05, 0) is 89.9 Å². The molecule has 0 radical (unpaired) electrons. The summed E-state index contributed by atoms with van der Waals surface area (Å²) in [6, 6.07) is 0. The van der Waals surface area contributed by atoms with Crippen LogP contribution in [0.1, 0.15) is 373 Å². The molecule has 0 spiro atoms. The van der Waals surface area contributed by atoms with Crippen LogP contribution in [0.15, 0.2) is 85.1 Å². The molecule has 0 aliphatic rings. The monoisotopic (exact) mass is 1140 g/mol. The Balaban J connectivity index is 3.40. The van der Waals surface area contributed by atoms with Crippen molar-refractivity contribution in [1.82, 2.24) is 0 Å². The van der Waals surface area contributed by atoms with Gasteiger partial charge in [0.15, 0.2) is 6.10 Å². The molecule has 0 aliphatic carbocycles. The third-order valence-electron chi connectivity index (χ3n) is 16.2. The average molecular weight is 1140 g/mol. The Bertz CT molecular complexity index is 1480. The second-order valence-electron chi connectivity index (χ2n) is 24.3. The molecule has 0 amide bonds. The quantitative estimate of drug-likeness (QED) is 0.0373. The molecular weight excluding hydrogens is 1000 g/mol. The number of hydrogen-bond acceptors (Lipinski definition) is 5. The molecule has 0 aromatic heterocycles. The van der Waals surface area contributed by atoms with Gasteiger partial charge >= 0.3 is 11.9 Å². The number of aliphatic hydroxyl groups excluding tert-OH is 1. The lowest BCUT2D eigenvalue weighted by atomic mass is 10.0. The molecule has 1 atom stereocenters. The minimum absolute atomic E-state index is 0.0638. The van der Waals surface area contributed by atoms with Gasteiger partial charge in [-0.1, -0.05) is 356 Å². The molecule has 5 heteroatoms. The fourth-order valence-electron chi connectivity index (χ4n) is 10.8. The lowest BCUT2D eigenvalue weighted by Gasteiger charge is -2.15. The highest BCUT2D eigenvalue weighted by Gasteiger charge is 2.16. The summed E-state index contributed by atoms with van der Waals surface area (Å²) in [4.78, 5) is 24.7. The van der Waals surface area contributed by atoms with Gasteiger partial charge < -0.3 is 14.6 Å². The molecular formula is C77H138O5. The van der Waals surface area contributed by atoms with E-state index in [-0.39, 0.29) is 25.2 Å². The summed E-state index contributed by atoms with van der Waals surface area (Å²) in [6.45, 7) is 4.06. The zero-order chi connectivity index (χ0) is 59.1. The summed E-state index contributed by atoms with van der Waals surface area (Å²) in [5.41, 5.74) is 0. The van der Waals surface area contributed by atoms with Gasteiger partial charge in [-0.3, -0.25) is 9.59 Å². The number of rotatable bonds is 67. The highest BCUT2D eigenvalue weighted by molar-refractivity contribution is 5.70. The van der Waals surface area contributed by atoms with Crippen LogP contribution in [0.25, 0.3) is 0 Å². The van der Waals surface area contributed by atoms with Crippen molar-refractivity contribution < 1.29 is 24.2 Å². The Labute approximate surface area is 511 Å². The molecule has 0 aromatic carbocycles. The van der Waals surface area contributed by atoms with E-state index in [4.69, 9.17) is 9.47 Å². The Morgan fingerprint density at radius 1 is 0.293 bits per heavy atom. The van der Waals surface area contributed by atoms with Crippen molar-refractivity contribution in [2.45, 2.75) is 380 Å². The highest BCUT2D eigenvalue weighted by atomic mass is 16.6. The maximum absolute atomic E-state index is 12.4. The maximum atomic E-state index is 12.4. The molecule has 476 valence electrons. The van der Waals surface area contributed by atoms with Crippen LogP contribution < -0.4 is 0 Å². The Kier molecular flexibility index (Phi) is 69.8. The topological polar surface area (TPSA) is 72.8 Å². The van der Waals surface area contributed by atoms with Crippen molar-refractivity contribution in [2.75, 3.05) is 13.2 Å². The maximum Gasteiger partial charge on any atom is 0.306 e. The van der Waals surface area contributed by atoms with E-state index in [0.29, 0.717) is 12.8 Å². The lowest BCUT2D eigenvalue weighted by Crippen LogP contribution is -2.28. The Morgan fingerprint density at radius 2 is 0.524 bits per heavy atom. The zero-order valence-electron chi connectivity index (χ0n) is 54.8. The van der Waals surface area contributed by atoms with Crippen molar-refractivity contribution in [3.63, 3.8) is 0 Å². The molecule has 5 nitrogen and oxygen atoms in total. The Morgan fingerprint density at radius 3 is 0.793 bits per heavy atom. The number of esters is 2. The summed E-state index contributed by atoms with van der Waals surface area (Å²) < 4.78 is 10.8. The molecule has 0 aliphatic heterocycles. The summed E-state index contributed by atoms with van der Waals surface area (Å²) in [5.74, 6) is -0.575. The second kappa shape index (κ2) is 72.3. The minimum Gasteiger partial charge on any atom is -0.462 e. The fraction of sp³-hybridized carbons (Fsp3) is 0.792. The number of allylic oxidation sites excluding steroid dienone is 14. The first kappa shape index (κ1) is 79.1. The molecule has 1 N–H and O–H groups in total. The number of hydrogen-bond donors (Lipinski definition) is 1. The van der Waals surface area contributed by atoms with Crippen LogP contribution in [0.4, 0.5) is 0 Å². The summed E-state index contributed by atoms with van der Waals surface area (Å²) in [6.07, 6.45) is 102. The number of ether oxygens (including phenoxy) is 2. The summed E-state index contributed by atoms with van der Waals surface area (Å²) in [5, 5.41) is 9.70. The van der Waals surface area contributed by atoms with E-state index >= 15 is 0 Å². The highest BCUT2D eigenvalue weighted by Crippen LogP contribution is 2.19. The van der Waals surface area contributed by atoms with Crippen molar-refractivity contribution in [3.05, 3.63) is 85.1 Å². The summed E-state index contributed by atoms with van der Waals surface area (Å²) in [7, 11) is 0. The van der Waals surface area contributed by atoms with Gasteiger partial charge in [0.1, 0.15) is 6.61 Å². The standard InChI is InChI=1S/C77H138O5/c1-3-5-7-9-11-13-15-17-19-21-23-25-27-29-31-32-33-34-35-36-37-38-39-40-41-42-43-44-46-47-49-51-53-55-57-59-61-63-65-67-69-71-76(79)81-74-75(73-78)82-77(80)72-70-68-66-64-62-60-58-56-54-52-50-48-45-30-28-26-24-22-20-18-16-14-12-10-8-6-4-2/h6,8,12,14-15,17-18,20-21,23-24,26-27,29,75,78H,3-5,7,9-11,13,16,19,22,25,28,30-74H2,1-2H3/b8-6-,14-12-,17-15-,20-18-,23-21-,26-24-,29-27-. The van der Waals surface area contributed by atoms with Gasteiger partial charge in [-0.25, -0.2) is 0 Å². The molecule has 1 unspecified atom stereocenters. The number of carbonyl (C=O) groups is 2. The Hall–Kier alpha value is -2.92. The van der Waals surface area contributed by atoms with Gasteiger partial charge in [0.2, 0.25) is 0 Å². The van der Waals surface area contributed by atoms with Crippen LogP contribution in [0.5, 0.6) is 0 Å². The van der Waals surface area contributed by atoms with Gasteiger partial charge in [0, 0.05) is 12.8 Å². The predicted molar refractivity (Wildman–Crippen MR) is 362 cm³/mol. The number of unbranched alkanes of at least 4 members (excludes halogenated alkanes) is 45. The van der Waals surface area contributed by atoms with Crippen molar-refractivity contribution in [2.24, 2.45) is 0 Å². The van der Waals surface area contributed by atoms with Crippen molar-refractivity contribution in [3.8, 4) is 0 Å². The van der Waals surface area contributed by atoms with E-state index in [0.717, 1.165) is 77.0 Å². The van der Waals surface area contributed by atoms with E-state index in [1.165, 1.54) is 270 Å². The molecule has 0 bridgehead atoms. The van der Waals surface area contributed by atoms with Gasteiger partial charge in [0.25, 0.3) is 0 Å². The number of aliphatic hydroxyl groups is 1. The predicted octanol–water partition coefficient (Wildman–Crippen LogP) is 25.2. The van der Waals surface area contributed by atoms with Crippen LogP contribution in [0.2, 0.25) is 0 Å². The van der Waals surface area contributed by atoms with E-state index in [1.807, 2.05) is 0 Å². The lowest BCUT2D eigenvalue weighted by molar-refractivity contribution is -0.161. The average Bonchev–Trinajstić information content (AvgIpc) is 3.49. The van der Waals surface area contributed by atoms with Crippen molar-refractivity contribution >= 4 is 11.9 Å². The molecule has 0 fully saturated rings. The SMILES string of the molecule is CC/C=C\C/C=C\C/C=C\C/C=C\CCCCCCCCCCCCCCCCC(=O)OC(CO)COC(=O)CCCCCCCCCCCCCCCCCCCCCCCCCCCC/C=C\C/C=C\C/C=C\CCCCCCC. The number of carbonyl (C=O) groups excluding carboxylic acids is 2. The van der Waals surface area contributed by atoms with Gasteiger partial charge in [0.05, 0.1) is 6.61 Å². The molecule has 0 rings (SSSR count). The molecule has 0 heterocycles.